The van der Waals surface area contributed by atoms with Crippen LogP contribution in [0.1, 0.15) is 172 Å². The molecule has 0 aromatic heterocycles. The molecule has 2 heterocycles. The van der Waals surface area contributed by atoms with Crippen molar-refractivity contribution in [3.63, 3.8) is 0 Å². The second-order valence-corrected chi connectivity index (χ2v) is 16.7. The highest BCUT2D eigenvalue weighted by Crippen LogP contribution is 2.39. The molecule has 2 aliphatic heterocycles. The van der Waals surface area contributed by atoms with E-state index in [1.807, 2.05) is 0 Å². The lowest BCUT2D eigenvalue weighted by atomic mass is 9.93. The molecule has 0 aliphatic carbocycles. The molecule has 0 aromatic rings. The Bertz CT molecular complexity index is 1140. The smallest absolute Gasteiger partial charge is 0.0337 e. The lowest BCUT2D eigenvalue weighted by molar-refractivity contribution is 0.132. The fourth-order valence-corrected chi connectivity index (χ4v) is 7.65. The third-order valence-corrected chi connectivity index (χ3v) is 11.0. The molecule has 0 radical (unpaired) electrons. The van der Waals surface area contributed by atoms with Crippen molar-refractivity contribution in [2.24, 2.45) is 0 Å². The Morgan fingerprint density at radius 1 is 0.440 bits per heavy atom. The van der Waals surface area contributed by atoms with Crippen LogP contribution in [0.15, 0.2) is 93.2 Å². The van der Waals surface area contributed by atoms with E-state index in [4.69, 9.17) is 0 Å². The van der Waals surface area contributed by atoms with Crippen LogP contribution >= 0.6 is 0 Å². The number of fused-ring (bicyclic) bond motifs is 1. The minimum Gasteiger partial charge on any atom is -0.296 e. The fraction of sp³-hybridized carbons (Fsp3) is 0.667. The Morgan fingerprint density at radius 2 is 0.740 bits per heavy atom. The van der Waals surface area contributed by atoms with Crippen LogP contribution in [0, 0.1) is 0 Å². The van der Waals surface area contributed by atoms with Gasteiger partial charge in [0.25, 0.3) is 0 Å². The second kappa shape index (κ2) is 24.9. The molecule has 0 spiro atoms. The first-order chi connectivity index (χ1) is 23.9. The predicted molar refractivity (Wildman–Crippen MR) is 226 cm³/mol. The van der Waals surface area contributed by atoms with Gasteiger partial charge < -0.3 is 0 Å². The van der Waals surface area contributed by atoms with Crippen molar-refractivity contribution in [2.75, 3.05) is 32.7 Å². The summed E-state index contributed by atoms with van der Waals surface area (Å²) >= 11 is 0. The van der Waals surface area contributed by atoms with E-state index in [1.54, 1.807) is 11.1 Å². The number of nitrogens with zero attached hydrogens (tertiary/aromatic N) is 2. The van der Waals surface area contributed by atoms with E-state index in [0.717, 1.165) is 25.9 Å². The first-order valence-corrected chi connectivity index (χ1v) is 20.6. The van der Waals surface area contributed by atoms with Crippen LogP contribution in [-0.4, -0.2) is 48.1 Å². The van der Waals surface area contributed by atoms with E-state index in [9.17, 15) is 0 Å². The summed E-state index contributed by atoms with van der Waals surface area (Å²) in [5, 5.41) is 0. The molecule has 282 valence electrons. The minimum atomic E-state index is 0.431. The summed E-state index contributed by atoms with van der Waals surface area (Å²) in [4.78, 5) is 5.59. The molecule has 0 saturated carbocycles. The third-order valence-electron chi connectivity index (χ3n) is 11.0. The van der Waals surface area contributed by atoms with Crippen molar-refractivity contribution in [2.45, 2.75) is 178 Å². The Balaban J connectivity index is 1.86. The molecule has 50 heavy (non-hydrogen) atoms. The normalized spacial score (nSPS) is 17.9. The zero-order valence-corrected chi connectivity index (χ0v) is 34.9. The fourth-order valence-electron chi connectivity index (χ4n) is 7.65. The molecule has 0 atom stereocenters. The molecule has 0 aromatic carbocycles. The van der Waals surface area contributed by atoms with Crippen LogP contribution < -0.4 is 0 Å². The van der Waals surface area contributed by atoms with E-state index in [0.29, 0.717) is 5.54 Å². The van der Waals surface area contributed by atoms with Crippen molar-refractivity contribution in [1.29, 1.82) is 0 Å². The number of hydrogen-bond donors (Lipinski definition) is 0. The average Bonchev–Trinajstić information content (AvgIpc) is 3.62. The molecule has 2 saturated heterocycles. The summed E-state index contributed by atoms with van der Waals surface area (Å²) in [5.41, 5.74) is 12.5. The van der Waals surface area contributed by atoms with Gasteiger partial charge in [-0.3, -0.25) is 9.80 Å². The lowest BCUT2D eigenvalue weighted by Crippen LogP contribution is -2.48. The Hall–Kier alpha value is -2.16. The van der Waals surface area contributed by atoms with Crippen LogP contribution in [-0.2, 0) is 0 Å². The number of hydrogen-bond acceptors (Lipinski definition) is 2. The first-order valence-electron chi connectivity index (χ1n) is 20.6. The van der Waals surface area contributed by atoms with E-state index in [2.05, 4.69) is 128 Å². The average molecular weight is 685 g/mol. The van der Waals surface area contributed by atoms with Gasteiger partial charge in [-0.05, 0) is 185 Å². The lowest BCUT2D eigenvalue weighted by Gasteiger charge is -2.37. The minimum absolute atomic E-state index is 0.431. The molecule has 0 bridgehead atoms. The highest BCUT2D eigenvalue weighted by molar-refractivity contribution is 5.11. The van der Waals surface area contributed by atoms with E-state index < -0.39 is 0 Å². The van der Waals surface area contributed by atoms with Gasteiger partial charge in [0.2, 0.25) is 0 Å². The summed E-state index contributed by atoms with van der Waals surface area (Å²) in [7, 11) is 0. The molecule has 2 fully saturated rings. The second-order valence-electron chi connectivity index (χ2n) is 16.7. The van der Waals surface area contributed by atoms with E-state index in [-0.39, 0.29) is 0 Å². The zero-order valence-electron chi connectivity index (χ0n) is 34.9. The molecule has 0 N–H and O–H groups in total. The summed E-state index contributed by atoms with van der Waals surface area (Å²) in [5.74, 6) is 0. The van der Waals surface area contributed by atoms with Crippen LogP contribution in [0.3, 0.4) is 0 Å². The summed E-state index contributed by atoms with van der Waals surface area (Å²) in [6.07, 6.45) is 39.3. The first kappa shape index (κ1) is 44.0. The quantitative estimate of drug-likeness (QED) is 0.0934. The summed E-state index contributed by atoms with van der Waals surface area (Å²) in [6.45, 7) is 28.7. The largest absolute Gasteiger partial charge is 0.296 e. The zero-order chi connectivity index (χ0) is 36.8. The van der Waals surface area contributed by atoms with Gasteiger partial charge in [-0.25, -0.2) is 0 Å². The van der Waals surface area contributed by atoms with Gasteiger partial charge in [0.05, 0.1) is 0 Å². The van der Waals surface area contributed by atoms with Crippen molar-refractivity contribution in [1.82, 2.24) is 9.80 Å². The van der Waals surface area contributed by atoms with Gasteiger partial charge in [-0.15, -0.1) is 0 Å². The van der Waals surface area contributed by atoms with Crippen LogP contribution in [0.4, 0.5) is 0 Å². The van der Waals surface area contributed by atoms with Gasteiger partial charge in [0.1, 0.15) is 0 Å². The molecular weight excluding hydrogens is 605 g/mol. The molecule has 2 aliphatic rings. The van der Waals surface area contributed by atoms with Crippen molar-refractivity contribution in [3.8, 4) is 0 Å². The SMILES string of the molecule is CC(C)=CCCC(C)=CCCC(C)=CCCC(C)=CCN(CC=C(C)CCC=C(C)CCC=C(C)CCC=C(C)C)CC12CCCN1CCC2. The van der Waals surface area contributed by atoms with Crippen LogP contribution in [0.2, 0.25) is 0 Å². The van der Waals surface area contributed by atoms with Crippen molar-refractivity contribution < 1.29 is 0 Å². The van der Waals surface area contributed by atoms with Gasteiger partial charge >= 0.3 is 0 Å². The summed E-state index contributed by atoms with van der Waals surface area (Å²) < 4.78 is 0. The Labute approximate surface area is 312 Å². The molecule has 0 amide bonds. The van der Waals surface area contributed by atoms with Gasteiger partial charge in [0.15, 0.2) is 0 Å². The van der Waals surface area contributed by atoms with Gasteiger partial charge in [-0.2, -0.15) is 0 Å². The van der Waals surface area contributed by atoms with Crippen LogP contribution in [0.5, 0.6) is 0 Å². The highest BCUT2D eigenvalue weighted by Gasteiger charge is 2.44. The van der Waals surface area contributed by atoms with Crippen molar-refractivity contribution >= 4 is 0 Å². The highest BCUT2D eigenvalue weighted by atomic mass is 15.3. The molecule has 2 rings (SSSR count). The van der Waals surface area contributed by atoms with Crippen LogP contribution in [0.25, 0.3) is 0 Å². The number of rotatable bonds is 24. The molecular formula is C48H80N2. The van der Waals surface area contributed by atoms with Gasteiger partial charge in [0, 0.05) is 25.2 Å². The van der Waals surface area contributed by atoms with Gasteiger partial charge in [-0.1, -0.05) is 93.2 Å². The summed E-state index contributed by atoms with van der Waals surface area (Å²) in [6, 6.07) is 0. The molecule has 2 heteroatoms. The maximum Gasteiger partial charge on any atom is 0.0337 e. The molecule has 0 unspecified atom stereocenters. The Kier molecular flexibility index (Phi) is 21.9. The predicted octanol–water partition coefficient (Wildman–Crippen LogP) is 14.2. The third kappa shape index (κ3) is 19.4. The molecule has 2 nitrogen and oxygen atoms in total. The van der Waals surface area contributed by atoms with Crippen molar-refractivity contribution in [3.05, 3.63) is 93.2 Å². The maximum absolute atomic E-state index is 2.83. The number of allylic oxidation sites excluding steroid dienone is 14. The van der Waals surface area contributed by atoms with E-state index in [1.165, 1.54) is 143 Å². The monoisotopic (exact) mass is 685 g/mol. The Morgan fingerprint density at radius 3 is 1.06 bits per heavy atom. The van der Waals surface area contributed by atoms with E-state index >= 15 is 0 Å². The topological polar surface area (TPSA) is 6.48 Å². The standard InChI is InChI=1S/C48H80N2/c1-40(2)19-11-21-42(5)23-13-25-44(7)27-15-29-46(9)31-37-49(39-48-33-17-35-50(48)36-18-34-48)38-32-47(10)30-16-28-45(8)26-14-24-43(6)22-12-20-41(3)4/h19-20,23-24,27-28,31-32H,11-18,21-22,25-26,29-30,33-39H2,1-10H3. The maximum atomic E-state index is 2.83.